The number of hydrogen-bond donors (Lipinski definition) is 0. The van der Waals surface area contributed by atoms with Crippen molar-refractivity contribution in [2.45, 2.75) is 19.3 Å². The van der Waals surface area contributed by atoms with Gasteiger partial charge in [-0.15, -0.1) is 0 Å². The van der Waals surface area contributed by atoms with Gasteiger partial charge in [0.2, 0.25) is 0 Å². The molecule has 5 aromatic rings. The van der Waals surface area contributed by atoms with Crippen molar-refractivity contribution in [3.63, 3.8) is 0 Å². The summed E-state index contributed by atoms with van der Waals surface area (Å²) in [4.78, 5) is 28.1. The standard InChI is InChI=1S/C25H19F3N6O/c26-25(27,28)17-33-21-9-1-2-10-22(21)34(24(33)35)23-18(6-3-13-31-23)16-32(19-7-4-11-29-14-19)20-8-5-12-30-15-20/h1-15H,16-17H2. The summed E-state index contributed by atoms with van der Waals surface area (Å²) < 4.78 is 41.8. The molecule has 4 heterocycles. The number of halogens is 3. The van der Waals surface area contributed by atoms with E-state index < -0.39 is 18.4 Å². The number of imidazole rings is 1. The van der Waals surface area contributed by atoms with E-state index in [9.17, 15) is 18.0 Å². The van der Waals surface area contributed by atoms with E-state index in [1.165, 1.54) is 16.8 Å². The smallest absolute Gasteiger partial charge is 0.334 e. The monoisotopic (exact) mass is 476 g/mol. The molecule has 0 atom stereocenters. The molecule has 176 valence electrons. The maximum Gasteiger partial charge on any atom is 0.406 e. The van der Waals surface area contributed by atoms with Gasteiger partial charge in [0.05, 0.1) is 41.3 Å². The molecule has 0 saturated carbocycles. The van der Waals surface area contributed by atoms with E-state index in [-0.39, 0.29) is 17.9 Å². The molecule has 0 amide bonds. The van der Waals surface area contributed by atoms with Crippen molar-refractivity contribution < 1.29 is 13.2 Å². The molecule has 0 N–H and O–H groups in total. The Morgan fingerprint density at radius 3 is 2.03 bits per heavy atom. The van der Waals surface area contributed by atoms with Crippen LogP contribution in [0.1, 0.15) is 5.56 Å². The molecule has 0 saturated heterocycles. The van der Waals surface area contributed by atoms with Crippen molar-refractivity contribution in [1.82, 2.24) is 24.1 Å². The van der Waals surface area contributed by atoms with Crippen LogP contribution < -0.4 is 10.6 Å². The van der Waals surface area contributed by atoms with Gasteiger partial charge < -0.3 is 4.90 Å². The quantitative estimate of drug-likeness (QED) is 0.350. The summed E-state index contributed by atoms with van der Waals surface area (Å²) in [5.74, 6) is 0.257. The highest BCUT2D eigenvalue weighted by Gasteiger charge is 2.31. The molecule has 0 radical (unpaired) electrons. The lowest BCUT2D eigenvalue weighted by Gasteiger charge is -2.25. The summed E-state index contributed by atoms with van der Waals surface area (Å²) >= 11 is 0. The van der Waals surface area contributed by atoms with Crippen LogP contribution in [0.25, 0.3) is 16.9 Å². The van der Waals surface area contributed by atoms with Gasteiger partial charge in [0.1, 0.15) is 12.4 Å². The lowest BCUT2D eigenvalue weighted by atomic mass is 10.2. The molecule has 4 aromatic heterocycles. The summed E-state index contributed by atoms with van der Waals surface area (Å²) in [6.07, 6.45) is 3.68. The van der Waals surface area contributed by atoms with E-state index in [0.29, 0.717) is 11.1 Å². The van der Waals surface area contributed by atoms with Crippen molar-refractivity contribution in [3.8, 4) is 5.82 Å². The highest BCUT2D eigenvalue weighted by molar-refractivity contribution is 5.78. The minimum absolute atomic E-state index is 0.183. The molecule has 5 rings (SSSR count). The molecular formula is C25H19F3N6O. The lowest BCUT2D eigenvalue weighted by Crippen LogP contribution is -2.30. The first-order valence-corrected chi connectivity index (χ1v) is 10.7. The number of fused-ring (bicyclic) bond motifs is 1. The van der Waals surface area contributed by atoms with E-state index in [4.69, 9.17) is 0 Å². The average Bonchev–Trinajstić information content (AvgIpc) is 3.14. The predicted molar refractivity (Wildman–Crippen MR) is 126 cm³/mol. The van der Waals surface area contributed by atoms with Crippen LogP contribution in [0.3, 0.4) is 0 Å². The number of benzene rings is 1. The first-order valence-electron chi connectivity index (χ1n) is 10.7. The molecule has 0 aliphatic rings. The maximum atomic E-state index is 13.3. The molecule has 1 aromatic carbocycles. The number of alkyl halides is 3. The van der Waals surface area contributed by atoms with Gasteiger partial charge in [-0.3, -0.25) is 14.5 Å². The second-order valence-electron chi connectivity index (χ2n) is 7.80. The highest BCUT2D eigenvalue weighted by Crippen LogP contribution is 2.28. The molecule has 0 unspecified atom stereocenters. The van der Waals surface area contributed by atoms with Crippen molar-refractivity contribution in [1.29, 1.82) is 0 Å². The van der Waals surface area contributed by atoms with Crippen molar-refractivity contribution in [2.24, 2.45) is 0 Å². The Balaban J connectivity index is 1.67. The Morgan fingerprint density at radius 1 is 0.800 bits per heavy atom. The van der Waals surface area contributed by atoms with Crippen molar-refractivity contribution >= 4 is 22.4 Å². The van der Waals surface area contributed by atoms with E-state index in [1.54, 1.807) is 67.3 Å². The van der Waals surface area contributed by atoms with Gasteiger partial charge in [-0.1, -0.05) is 18.2 Å². The largest absolute Gasteiger partial charge is 0.406 e. The fourth-order valence-electron chi connectivity index (χ4n) is 4.03. The van der Waals surface area contributed by atoms with Crippen LogP contribution in [-0.4, -0.2) is 30.3 Å². The molecule has 7 nitrogen and oxygen atoms in total. The van der Waals surface area contributed by atoms with Gasteiger partial charge in [-0.25, -0.2) is 14.3 Å². The Morgan fingerprint density at radius 2 is 1.43 bits per heavy atom. The second kappa shape index (κ2) is 9.05. The van der Waals surface area contributed by atoms with Crippen LogP contribution in [0.15, 0.2) is 96.4 Å². The number of aromatic nitrogens is 5. The van der Waals surface area contributed by atoms with E-state index in [1.807, 2.05) is 17.0 Å². The second-order valence-corrected chi connectivity index (χ2v) is 7.80. The molecule has 35 heavy (non-hydrogen) atoms. The van der Waals surface area contributed by atoms with Gasteiger partial charge in [0.25, 0.3) is 0 Å². The first kappa shape index (κ1) is 22.3. The molecule has 10 heteroatoms. The SMILES string of the molecule is O=c1n(CC(F)(F)F)c2ccccc2n1-c1ncccc1CN(c1cccnc1)c1cccnc1. The molecule has 0 aliphatic carbocycles. The van der Waals surface area contributed by atoms with Gasteiger partial charge >= 0.3 is 11.9 Å². The zero-order chi connectivity index (χ0) is 24.4. The van der Waals surface area contributed by atoms with Crippen LogP contribution in [0.4, 0.5) is 24.5 Å². The highest BCUT2D eigenvalue weighted by atomic mass is 19.4. The number of hydrogen-bond acceptors (Lipinski definition) is 5. The summed E-state index contributed by atoms with van der Waals surface area (Å²) in [7, 11) is 0. The summed E-state index contributed by atoms with van der Waals surface area (Å²) in [5.41, 5.74) is 1.91. The van der Waals surface area contributed by atoms with E-state index in [2.05, 4.69) is 15.0 Å². The van der Waals surface area contributed by atoms with Gasteiger partial charge in [0.15, 0.2) is 0 Å². The van der Waals surface area contributed by atoms with E-state index in [0.717, 1.165) is 15.9 Å². The fraction of sp³-hybridized carbons (Fsp3) is 0.120. The minimum atomic E-state index is -4.55. The van der Waals surface area contributed by atoms with Crippen LogP contribution in [0.2, 0.25) is 0 Å². The molecule has 0 fully saturated rings. The molecule has 0 spiro atoms. The van der Waals surface area contributed by atoms with Gasteiger partial charge in [-0.2, -0.15) is 13.2 Å². The third kappa shape index (κ3) is 4.50. The van der Waals surface area contributed by atoms with Crippen LogP contribution in [-0.2, 0) is 13.1 Å². The molecular weight excluding hydrogens is 457 g/mol. The van der Waals surface area contributed by atoms with Crippen LogP contribution >= 0.6 is 0 Å². The topological polar surface area (TPSA) is 68.8 Å². The molecule has 0 aliphatic heterocycles. The zero-order valence-electron chi connectivity index (χ0n) is 18.3. The Kier molecular flexibility index (Phi) is 5.77. The molecule has 0 bridgehead atoms. The van der Waals surface area contributed by atoms with E-state index >= 15 is 0 Å². The minimum Gasteiger partial charge on any atom is -0.334 e. The summed E-state index contributed by atoms with van der Waals surface area (Å²) in [5, 5.41) is 0. The summed E-state index contributed by atoms with van der Waals surface area (Å²) in [6.45, 7) is -1.12. The average molecular weight is 476 g/mol. The third-order valence-corrected chi connectivity index (χ3v) is 5.50. The van der Waals surface area contributed by atoms with Crippen molar-refractivity contribution in [3.05, 3.63) is 108 Å². The van der Waals surface area contributed by atoms with Gasteiger partial charge in [0, 0.05) is 24.2 Å². The lowest BCUT2D eigenvalue weighted by molar-refractivity contribution is -0.140. The first-order chi connectivity index (χ1) is 16.9. The Bertz CT molecular complexity index is 1470. The summed E-state index contributed by atoms with van der Waals surface area (Å²) in [6, 6.07) is 17.3. The maximum absolute atomic E-state index is 13.3. The fourth-order valence-corrected chi connectivity index (χ4v) is 4.03. The predicted octanol–water partition coefficient (Wildman–Crippen LogP) is 4.88. The van der Waals surface area contributed by atoms with Crippen LogP contribution in [0.5, 0.6) is 0 Å². The van der Waals surface area contributed by atoms with Crippen LogP contribution in [0, 0.1) is 0 Å². The Hall–Kier alpha value is -4.47. The van der Waals surface area contributed by atoms with Crippen molar-refractivity contribution in [2.75, 3.05) is 4.90 Å². The number of para-hydroxylation sites is 2. The number of nitrogens with zero attached hydrogens (tertiary/aromatic N) is 6. The normalized spacial score (nSPS) is 11.6. The zero-order valence-corrected chi connectivity index (χ0v) is 18.3. The number of anilines is 2. The third-order valence-electron chi connectivity index (χ3n) is 5.50. The number of pyridine rings is 3. The van der Waals surface area contributed by atoms with Gasteiger partial charge in [-0.05, 0) is 42.5 Å². The number of rotatable bonds is 6. The Labute approximate surface area is 197 Å².